The number of carbonyl (C=O) groups excluding carboxylic acids is 3. The molecule has 0 aromatic rings. The predicted molar refractivity (Wildman–Crippen MR) is 75.5 cm³/mol. The van der Waals surface area contributed by atoms with Gasteiger partial charge in [0.05, 0.1) is 19.7 Å². The Labute approximate surface area is 127 Å². The van der Waals surface area contributed by atoms with Crippen LogP contribution in [-0.4, -0.2) is 65.7 Å². The molecule has 2 atom stereocenters. The monoisotopic (exact) mass is 318 g/mol. The lowest BCUT2D eigenvalue weighted by Crippen LogP contribution is -2.53. The average Bonchev–Trinajstić information content (AvgIpc) is 2.46. The molecule has 0 radical (unpaired) electrons. The van der Waals surface area contributed by atoms with E-state index in [1.165, 1.54) is 0 Å². The normalized spacial score (nSPS) is 13.1. The van der Waals surface area contributed by atoms with Gasteiger partial charge in [-0.05, 0) is 5.92 Å². The van der Waals surface area contributed by atoms with Crippen LogP contribution in [0.5, 0.6) is 0 Å². The van der Waals surface area contributed by atoms with Crippen molar-refractivity contribution in [3.8, 4) is 0 Å². The number of carbonyl (C=O) groups is 4. The number of nitrogens with two attached hydrogens (primary N) is 1. The van der Waals surface area contributed by atoms with Crippen molar-refractivity contribution in [3.63, 3.8) is 0 Å². The molecule has 0 fully saturated rings. The first-order chi connectivity index (χ1) is 10.2. The fourth-order valence-corrected chi connectivity index (χ4v) is 1.48. The van der Waals surface area contributed by atoms with Gasteiger partial charge in [-0.1, -0.05) is 13.8 Å². The Hall–Kier alpha value is -2.20. The minimum Gasteiger partial charge on any atom is -0.480 e. The molecule has 0 rings (SSSR count). The summed E-state index contributed by atoms with van der Waals surface area (Å²) in [7, 11) is 0. The molecule has 0 saturated carbocycles. The lowest BCUT2D eigenvalue weighted by molar-refractivity contribution is -0.143. The lowest BCUT2D eigenvalue weighted by Gasteiger charge is -2.19. The maximum Gasteiger partial charge on any atom is 0.326 e. The van der Waals surface area contributed by atoms with Crippen LogP contribution >= 0.6 is 0 Å². The fourth-order valence-electron chi connectivity index (χ4n) is 1.48. The largest absolute Gasteiger partial charge is 0.480 e. The lowest BCUT2D eigenvalue weighted by atomic mass is 10.1. The first-order valence-corrected chi connectivity index (χ1v) is 6.63. The average molecular weight is 318 g/mol. The van der Waals surface area contributed by atoms with Crippen molar-refractivity contribution in [3.05, 3.63) is 0 Å². The van der Waals surface area contributed by atoms with Crippen LogP contribution in [0.1, 0.15) is 13.8 Å². The molecule has 126 valence electrons. The van der Waals surface area contributed by atoms with Crippen LogP contribution in [-0.2, 0) is 19.2 Å². The number of carboxylic acid groups (broad SMARTS) is 1. The van der Waals surface area contributed by atoms with E-state index in [4.69, 9.17) is 15.9 Å². The van der Waals surface area contributed by atoms with Gasteiger partial charge in [-0.25, -0.2) is 4.79 Å². The highest BCUT2D eigenvalue weighted by Crippen LogP contribution is 2.01. The van der Waals surface area contributed by atoms with Crippen molar-refractivity contribution in [1.29, 1.82) is 0 Å². The highest BCUT2D eigenvalue weighted by atomic mass is 16.4. The number of rotatable bonds is 9. The molecule has 3 amide bonds. The summed E-state index contributed by atoms with van der Waals surface area (Å²) in [5, 5.41) is 24.5. The van der Waals surface area contributed by atoms with E-state index in [-0.39, 0.29) is 12.5 Å². The standard InChI is InChI=1S/C12H22N4O6/c1-6(2)10(12(21)22)16-9(19)4-14-11(20)7(5-17)15-8(18)3-13/h6-7,10,17H,3-5,13H2,1-2H3,(H,14,20)(H,15,18)(H,16,19)(H,21,22). The summed E-state index contributed by atoms with van der Waals surface area (Å²) in [6.07, 6.45) is 0. The highest BCUT2D eigenvalue weighted by Gasteiger charge is 2.24. The first-order valence-electron chi connectivity index (χ1n) is 6.63. The second kappa shape index (κ2) is 9.68. The molecule has 10 heteroatoms. The minimum atomic E-state index is -1.23. The van der Waals surface area contributed by atoms with Gasteiger partial charge in [0.1, 0.15) is 12.1 Å². The SMILES string of the molecule is CC(C)C(NC(=O)CNC(=O)C(CO)NC(=O)CN)C(=O)O. The third-order valence-electron chi connectivity index (χ3n) is 2.69. The topological polar surface area (TPSA) is 171 Å². The molecule has 0 heterocycles. The number of aliphatic carboxylic acids is 1. The summed E-state index contributed by atoms with van der Waals surface area (Å²) < 4.78 is 0. The van der Waals surface area contributed by atoms with Crippen LogP contribution < -0.4 is 21.7 Å². The molecule has 0 aromatic carbocycles. The van der Waals surface area contributed by atoms with Gasteiger partial charge in [0.2, 0.25) is 17.7 Å². The first kappa shape index (κ1) is 19.8. The van der Waals surface area contributed by atoms with Crippen LogP contribution in [0.15, 0.2) is 0 Å². The van der Waals surface area contributed by atoms with Crippen LogP contribution in [0.3, 0.4) is 0 Å². The molecule has 0 aliphatic carbocycles. The van der Waals surface area contributed by atoms with E-state index in [0.29, 0.717) is 0 Å². The summed E-state index contributed by atoms with van der Waals surface area (Å²) >= 11 is 0. The zero-order valence-corrected chi connectivity index (χ0v) is 12.5. The molecule has 0 bridgehead atoms. The van der Waals surface area contributed by atoms with Gasteiger partial charge in [0.25, 0.3) is 0 Å². The summed E-state index contributed by atoms with van der Waals surface area (Å²) in [5.74, 6) is -3.62. The van der Waals surface area contributed by atoms with Crippen LogP contribution in [0.4, 0.5) is 0 Å². The van der Waals surface area contributed by atoms with Crippen molar-refractivity contribution < 1.29 is 29.4 Å². The molecule has 0 aliphatic heterocycles. The number of aliphatic hydroxyl groups excluding tert-OH is 1. The third-order valence-corrected chi connectivity index (χ3v) is 2.69. The molecular weight excluding hydrogens is 296 g/mol. The Balaban J connectivity index is 4.41. The maximum absolute atomic E-state index is 11.7. The molecule has 0 aromatic heterocycles. The van der Waals surface area contributed by atoms with Crippen molar-refractivity contribution >= 4 is 23.7 Å². The summed E-state index contributed by atoms with van der Waals surface area (Å²) in [6, 6.07) is -2.31. The molecule has 0 aliphatic rings. The summed E-state index contributed by atoms with van der Waals surface area (Å²) in [4.78, 5) is 45.2. The van der Waals surface area contributed by atoms with E-state index in [9.17, 15) is 19.2 Å². The van der Waals surface area contributed by atoms with Gasteiger partial charge >= 0.3 is 5.97 Å². The van der Waals surface area contributed by atoms with E-state index in [1.807, 2.05) is 0 Å². The minimum absolute atomic E-state index is 0.328. The van der Waals surface area contributed by atoms with Gasteiger partial charge in [-0.15, -0.1) is 0 Å². The van der Waals surface area contributed by atoms with Gasteiger partial charge < -0.3 is 31.9 Å². The third kappa shape index (κ3) is 6.99. The molecule has 0 spiro atoms. The van der Waals surface area contributed by atoms with E-state index >= 15 is 0 Å². The predicted octanol–water partition coefficient (Wildman–Crippen LogP) is -3.24. The Morgan fingerprint density at radius 1 is 1.09 bits per heavy atom. The maximum atomic E-state index is 11.7. The fraction of sp³-hybridized carbons (Fsp3) is 0.667. The van der Waals surface area contributed by atoms with Gasteiger partial charge in [-0.2, -0.15) is 0 Å². The zero-order valence-electron chi connectivity index (χ0n) is 12.5. The molecule has 10 nitrogen and oxygen atoms in total. The second-order valence-electron chi connectivity index (χ2n) is 4.85. The second-order valence-corrected chi connectivity index (χ2v) is 4.85. The Bertz CT molecular complexity index is 426. The van der Waals surface area contributed by atoms with E-state index < -0.39 is 48.9 Å². The van der Waals surface area contributed by atoms with Gasteiger partial charge in [0.15, 0.2) is 0 Å². The number of aliphatic hydroxyl groups is 1. The van der Waals surface area contributed by atoms with Crippen LogP contribution in [0.25, 0.3) is 0 Å². The number of hydrogen-bond acceptors (Lipinski definition) is 6. The van der Waals surface area contributed by atoms with Gasteiger partial charge in [0, 0.05) is 0 Å². The molecule has 22 heavy (non-hydrogen) atoms. The van der Waals surface area contributed by atoms with Crippen molar-refractivity contribution in [2.24, 2.45) is 11.7 Å². The molecule has 7 N–H and O–H groups in total. The number of carboxylic acids is 1. The number of amides is 3. The Morgan fingerprint density at radius 2 is 1.68 bits per heavy atom. The Kier molecular flexibility index (Phi) is 8.72. The quantitative estimate of drug-likeness (QED) is 0.259. The molecule has 2 unspecified atom stereocenters. The number of hydrogen-bond donors (Lipinski definition) is 6. The summed E-state index contributed by atoms with van der Waals surface area (Å²) in [6.45, 7) is 1.76. The van der Waals surface area contributed by atoms with Crippen LogP contribution in [0.2, 0.25) is 0 Å². The van der Waals surface area contributed by atoms with Crippen molar-refractivity contribution in [2.75, 3.05) is 19.7 Å². The van der Waals surface area contributed by atoms with E-state index in [2.05, 4.69) is 16.0 Å². The van der Waals surface area contributed by atoms with E-state index in [1.54, 1.807) is 13.8 Å². The zero-order chi connectivity index (χ0) is 17.3. The van der Waals surface area contributed by atoms with Crippen molar-refractivity contribution in [2.45, 2.75) is 25.9 Å². The van der Waals surface area contributed by atoms with Gasteiger partial charge in [-0.3, -0.25) is 14.4 Å². The molecular formula is C12H22N4O6. The Morgan fingerprint density at radius 3 is 2.09 bits per heavy atom. The van der Waals surface area contributed by atoms with Crippen molar-refractivity contribution in [1.82, 2.24) is 16.0 Å². The van der Waals surface area contributed by atoms with Crippen LogP contribution in [0, 0.1) is 5.92 Å². The highest BCUT2D eigenvalue weighted by molar-refractivity contribution is 5.91. The summed E-state index contributed by atoms with van der Waals surface area (Å²) in [5.41, 5.74) is 5.06. The molecule has 0 saturated heterocycles. The smallest absolute Gasteiger partial charge is 0.326 e. The number of nitrogens with one attached hydrogen (secondary N) is 3. The van der Waals surface area contributed by atoms with E-state index in [0.717, 1.165) is 0 Å².